The molecule has 0 radical (unpaired) electrons. The number of amides is 1. The van der Waals surface area contributed by atoms with Crippen LogP contribution in [0.2, 0.25) is 10.0 Å². The molecule has 0 saturated carbocycles. The highest BCUT2D eigenvalue weighted by Gasteiger charge is 2.20. The maximum absolute atomic E-state index is 12.5. The first-order chi connectivity index (χ1) is 11.8. The molecule has 0 aliphatic carbocycles. The Balaban J connectivity index is 2.20. The molecule has 2 rings (SSSR count). The Kier molecular flexibility index (Phi) is 6.91. The van der Waals surface area contributed by atoms with Crippen LogP contribution < -0.4 is 0 Å². The summed E-state index contributed by atoms with van der Waals surface area (Å²) in [6.45, 7) is 9.88. The highest BCUT2D eigenvalue weighted by atomic mass is 35.5. The summed E-state index contributed by atoms with van der Waals surface area (Å²) in [5.74, 6) is 1.36. The Bertz CT molecular complexity index is 725. The smallest absolute Gasteiger partial charge is 0.225 e. The molecule has 4 nitrogen and oxygen atoms in total. The van der Waals surface area contributed by atoms with Crippen molar-refractivity contribution in [3.63, 3.8) is 0 Å². The second-order valence-electron chi connectivity index (χ2n) is 6.97. The van der Waals surface area contributed by atoms with Crippen molar-refractivity contribution >= 4 is 29.1 Å². The largest absolute Gasteiger partial charge is 0.335 e. The predicted molar refractivity (Wildman–Crippen MR) is 103 cm³/mol. The first-order valence-electron chi connectivity index (χ1n) is 8.50. The minimum Gasteiger partial charge on any atom is -0.335 e. The van der Waals surface area contributed by atoms with E-state index in [-0.39, 0.29) is 11.8 Å². The van der Waals surface area contributed by atoms with Crippen LogP contribution in [0, 0.1) is 11.8 Å². The molecule has 0 unspecified atom stereocenters. The second kappa shape index (κ2) is 8.72. The molecule has 0 spiro atoms. The standard InChI is InChI=1S/C19H25Cl2N3O/c1-13(2)10-24(19(25)14(3)4)12-18-22-7-8-23(18)11-15-5-6-16(20)9-17(15)21/h5-9,13-14H,10-12H2,1-4H3. The van der Waals surface area contributed by atoms with Crippen molar-refractivity contribution in [2.75, 3.05) is 6.54 Å². The molecular weight excluding hydrogens is 357 g/mol. The van der Waals surface area contributed by atoms with Gasteiger partial charge in [0.15, 0.2) is 0 Å². The monoisotopic (exact) mass is 381 g/mol. The number of imidazole rings is 1. The Labute approximate surface area is 159 Å². The van der Waals surface area contributed by atoms with Crippen LogP contribution in [0.5, 0.6) is 0 Å². The molecule has 0 fully saturated rings. The Morgan fingerprint density at radius 3 is 2.56 bits per heavy atom. The van der Waals surface area contributed by atoms with Gasteiger partial charge >= 0.3 is 0 Å². The fourth-order valence-corrected chi connectivity index (χ4v) is 3.15. The lowest BCUT2D eigenvalue weighted by Gasteiger charge is -2.26. The van der Waals surface area contributed by atoms with Gasteiger partial charge in [-0.1, -0.05) is 57.0 Å². The van der Waals surface area contributed by atoms with Crippen molar-refractivity contribution in [1.82, 2.24) is 14.5 Å². The number of halogens is 2. The van der Waals surface area contributed by atoms with Gasteiger partial charge in [-0.3, -0.25) is 4.79 Å². The highest BCUT2D eigenvalue weighted by molar-refractivity contribution is 6.35. The lowest BCUT2D eigenvalue weighted by Crippen LogP contribution is -2.37. The van der Waals surface area contributed by atoms with E-state index in [0.717, 1.165) is 11.4 Å². The number of hydrogen-bond acceptors (Lipinski definition) is 2. The lowest BCUT2D eigenvalue weighted by atomic mass is 10.1. The summed E-state index contributed by atoms with van der Waals surface area (Å²) < 4.78 is 2.02. The van der Waals surface area contributed by atoms with E-state index in [9.17, 15) is 4.79 Å². The Morgan fingerprint density at radius 2 is 1.96 bits per heavy atom. The third kappa shape index (κ3) is 5.48. The molecule has 1 aromatic heterocycles. The zero-order valence-corrected chi connectivity index (χ0v) is 16.7. The minimum atomic E-state index is -0.0344. The van der Waals surface area contributed by atoms with Crippen LogP contribution in [0.4, 0.5) is 0 Å². The Hall–Kier alpha value is -1.52. The van der Waals surface area contributed by atoms with Crippen LogP contribution in [0.1, 0.15) is 39.1 Å². The average molecular weight is 382 g/mol. The van der Waals surface area contributed by atoms with Gasteiger partial charge in [0.1, 0.15) is 5.82 Å². The Morgan fingerprint density at radius 1 is 1.24 bits per heavy atom. The maximum atomic E-state index is 12.5. The van der Waals surface area contributed by atoms with Crippen LogP contribution in [-0.2, 0) is 17.9 Å². The van der Waals surface area contributed by atoms with Gasteiger partial charge in [-0.2, -0.15) is 0 Å². The third-order valence-electron chi connectivity index (χ3n) is 3.88. The summed E-state index contributed by atoms with van der Waals surface area (Å²) >= 11 is 12.2. The van der Waals surface area contributed by atoms with Gasteiger partial charge in [0, 0.05) is 34.9 Å². The van der Waals surface area contributed by atoms with Crippen molar-refractivity contribution in [3.8, 4) is 0 Å². The van der Waals surface area contributed by atoms with E-state index in [1.807, 2.05) is 41.6 Å². The average Bonchev–Trinajstić information content (AvgIpc) is 2.95. The first-order valence-corrected chi connectivity index (χ1v) is 9.26. The second-order valence-corrected chi connectivity index (χ2v) is 7.82. The zero-order valence-electron chi connectivity index (χ0n) is 15.2. The summed E-state index contributed by atoms with van der Waals surface area (Å²) in [7, 11) is 0. The molecule has 0 atom stereocenters. The molecule has 1 heterocycles. The lowest BCUT2D eigenvalue weighted by molar-refractivity contribution is -0.135. The molecule has 136 valence electrons. The summed E-state index contributed by atoms with van der Waals surface area (Å²) in [4.78, 5) is 18.9. The maximum Gasteiger partial charge on any atom is 0.225 e. The van der Waals surface area contributed by atoms with Crippen molar-refractivity contribution in [3.05, 3.63) is 52.0 Å². The van der Waals surface area contributed by atoms with Gasteiger partial charge in [0.2, 0.25) is 5.91 Å². The third-order valence-corrected chi connectivity index (χ3v) is 4.47. The van der Waals surface area contributed by atoms with Crippen LogP contribution in [0.25, 0.3) is 0 Å². The van der Waals surface area contributed by atoms with E-state index in [0.29, 0.717) is 35.6 Å². The van der Waals surface area contributed by atoms with Crippen molar-refractivity contribution in [2.45, 2.75) is 40.8 Å². The number of rotatable bonds is 7. The van der Waals surface area contributed by atoms with Gasteiger partial charge in [-0.15, -0.1) is 0 Å². The van der Waals surface area contributed by atoms with Crippen LogP contribution in [0.3, 0.4) is 0 Å². The SMILES string of the molecule is CC(C)CN(Cc1nccn1Cc1ccc(Cl)cc1Cl)C(=O)C(C)C. The van der Waals surface area contributed by atoms with E-state index < -0.39 is 0 Å². The molecule has 0 bridgehead atoms. The summed E-state index contributed by atoms with van der Waals surface area (Å²) in [5, 5.41) is 1.25. The van der Waals surface area contributed by atoms with Gasteiger partial charge < -0.3 is 9.47 Å². The van der Waals surface area contributed by atoms with Gasteiger partial charge in [0.05, 0.1) is 13.1 Å². The topological polar surface area (TPSA) is 38.1 Å². The van der Waals surface area contributed by atoms with Crippen LogP contribution in [0.15, 0.2) is 30.6 Å². The van der Waals surface area contributed by atoms with E-state index in [1.165, 1.54) is 0 Å². The van der Waals surface area contributed by atoms with Crippen molar-refractivity contribution in [2.24, 2.45) is 11.8 Å². The van der Waals surface area contributed by atoms with E-state index >= 15 is 0 Å². The number of nitrogens with zero attached hydrogens (tertiary/aromatic N) is 3. The van der Waals surface area contributed by atoms with E-state index in [1.54, 1.807) is 12.3 Å². The molecular formula is C19H25Cl2N3O. The predicted octanol–water partition coefficient (Wildman–Crippen LogP) is 4.88. The van der Waals surface area contributed by atoms with Gasteiger partial charge in [-0.05, 0) is 23.6 Å². The number of carbonyl (C=O) groups excluding carboxylic acids is 1. The molecule has 2 aromatic rings. The first kappa shape index (κ1) is 19.8. The molecule has 0 aliphatic rings. The summed E-state index contributed by atoms with van der Waals surface area (Å²) in [6.07, 6.45) is 3.67. The molecule has 0 aliphatic heterocycles. The van der Waals surface area contributed by atoms with Crippen LogP contribution >= 0.6 is 23.2 Å². The number of aromatic nitrogens is 2. The minimum absolute atomic E-state index is 0.0344. The fourth-order valence-electron chi connectivity index (χ4n) is 2.68. The van der Waals surface area contributed by atoms with E-state index in [4.69, 9.17) is 23.2 Å². The molecule has 6 heteroatoms. The molecule has 1 amide bonds. The fraction of sp³-hybridized carbons (Fsp3) is 0.474. The molecule has 1 aromatic carbocycles. The molecule has 25 heavy (non-hydrogen) atoms. The van der Waals surface area contributed by atoms with Crippen molar-refractivity contribution < 1.29 is 4.79 Å². The van der Waals surface area contributed by atoms with Gasteiger partial charge in [-0.25, -0.2) is 4.98 Å². The number of benzene rings is 1. The zero-order chi connectivity index (χ0) is 18.6. The van der Waals surface area contributed by atoms with Gasteiger partial charge in [0.25, 0.3) is 0 Å². The normalized spacial score (nSPS) is 11.4. The van der Waals surface area contributed by atoms with Crippen molar-refractivity contribution in [1.29, 1.82) is 0 Å². The quantitative estimate of drug-likeness (QED) is 0.685. The van der Waals surface area contributed by atoms with Crippen LogP contribution in [-0.4, -0.2) is 26.9 Å². The molecule has 0 saturated heterocycles. The highest BCUT2D eigenvalue weighted by Crippen LogP contribution is 2.22. The molecule has 0 N–H and O–H groups in total. The summed E-state index contributed by atoms with van der Waals surface area (Å²) in [6, 6.07) is 5.48. The number of carbonyl (C=O) groups is 1. The summed E-state index contributed by atoms with van der Waals surface area (Å²) in [5.41, 5.74) is 0.968. The number of hydrogen-bond donors (Lipinski definition) is 0. The van der Waals surface area contributed by atoms with E-state index in [2.05, 4.69) is 18.8 Å².